The largest absolute Gasteiger partial charge is 0.497 e. The second kappa shape index (κ2) is 11.0. The van der Waals surface area contributed by atoms with E-state index in [9.17, 15) is 18.4 Å². The molecule has 2 aromatic rings. The molecular weight excluding hydrogens is 384 g/mol. The molecule has 3 N–H and O–H groups in total. The Balaban J connectivity index is 1.82. The minimum Gasteiger partial charge on any atom is -0.497 e. The summed E-state index contributed by atoms with van der Waals surface area (Å²) in [6.07, 6.45) is 0. The highest BCUT2D eigenvalue weighted by Gasteiger charge is 2.17. The van der Waals surface area contributed by atoms with Gasteiger partial charge in [-0.25, -0.2) is 0 Å². The summed E-state index contributed by atoms with van der Waals surface area (Å²) in [7, 11) is 1.56. The van der Waals surface area contributed by atoms with Crippen molar-refractivity contribution in [3.05, 3.63) is 48.5 Å². The van der Waals surface area contributed by atoms with E-state index in [1.807, 2.05) is 6.92 Å². The highest BCUT2D eigenvalue weighted by molar-refractivity contribution is 5.93. The lowest BCUT2D eigenvalue weighted by molar-refractivity contribution is -0.881. The fourth-order valence-electron chi connectivity index (χ4n) is 2.57. The number of hydrogen-bond donors (Lipinski definition) is 3. The highest BCUT2D eigenvalue weighted by atomic mass is 19.3. The highest BCUT2D eigenvalue weighted by Crippen LogP contribution is 2.17. The number of nitrogens with one attached hydrogen (secondary N) is 3. The SMILES string of the molecule is CC[NH+](CC(=O)Nc1ccc(OC)cc1)CC(=O)Nc1ccc(OC(F)F)cc1. The summed E-state index contributed by atoms with van der Waals surface area (Å²) in [6.45, 7) is -0.246. The number of benzene rings is 2. The van der Waals surface area contributed by atoms with Crippen LogP contribution in [0.3, 0.4) is 0 Å². The van der Waals surface area contributed by atoms with Crippen molar-refractivity contribution in [1.82, 2.24) is 0 Å². The van der Waals surface area contributed by atoms with Gasteiger partial charge in [0, 0.05) is 11.4 Å². The first-order valence-electron chi connectivity index (χ1n) is 9.01. The summed E-state index contributed by atoms with van der Waals surface area (Å²) in [5.41, 5.74) is 1.09. The van der Waals surface area contributed by atoms with Crippen molar-refractivity contribution < 1.29 is 32.7 Å². The molecule has 0 aliphatic rings. The van der Waals surface area contributed by atoms with Crippen LogP contribution >= 0.6 is 0 Å². The lowest BCUT2D eigenvalue weighted by Crippen LogP contribution is -3.13. The molecule has 0 aliphatic carbocycles. The first-order chi connectivity index (χ1) is 13.9. The van der Waals surface area contributed by atoms with Crippen LogP contribution < -0.4 is 25.0 Å². The molecule has 156 valence electrons. The van der Waals surface area contributed by atoms with Gasteiger partial charge in [0.1, 0.15) is 11.5 Å². The van der Waals surface area contributed by atoms with Crippen LogP contribution in [0.2, 0.25) is 0 Å². The first-order valence-corrected chi connectivity index (χ1v) is 9.01. The van der Waals surface area contributed by atoms with Gasteiger partial charge in [0.2, 0.25) is 0 Å². The Hall–Kier alpha value is -3.20. The van der Waals surface area contributed by atoms with Crippen LogP contribution in [-0.2, 0) is 9.59 Å². The van der Waals surface area contributed by atoms with E-state index in [-0.39, 0.29) is 30.7 Å². The van der Waals surface area contributed by atoms with Gasteiger partial charge in [0.05, 0.1) is 13.7 Å². The third kappa shape index (κ3) is 7.74. The molecule has 2 aromatic carbocycles. The van der Waals surface area contributed by atoms with Gasteiger partial charge in [-0.05, 0) is 55.5 Å². The Kier molecular flexibility index (Phi) is 8.35. The maximum atomic E-state index is 12.2. The summed E-state index contributed by atoms with van der Waals surface area (Å²) in [6, 6.07) is 12.6. The fourth-order valence-corrected chi connectivity index (χ4v) is 2.57. The standard InChI is InChI=1S/C20H23F2N3O4/c1-3-25(12-18(26)23-14-4-8-16(28-2)9-5-14)13-19(27)24-15-6-10-17(11-7-15)29-20(21)22/h4-11,20H,3,12-13H2,1-2H3,(H,23,26)(H,24,27)/p+1. The molecule has 0 aliphatic heterocycles. The smallest absolute Gasteiger partial charge is 0.387 e. The number of rotatable bonds is 10. The van der Waals surface area contributed by atoms with Gasteiger partial charge in [0.25, 0.3) is 11.8 Å². The maximum absolute atomic E-state index is 12.2. The number of carbonyl (C=O) groups excluding carboxylic acids is 2. The molecule has 1 unspecified atom stereocenters. The summed E-state index contributed by atoms with van der Waals surface area (Å²) < 4.78 is 33.6. The lowest BCUT2D eigenvalue weighted by Gasteiger charge is -2.17. The van der Waals surface area contributed by atoms with E-state index in [2.05, 4.69) is 15.4 Å². The Morgan fingerprint density at radius 3 is 1.72 bits per heavy atom. The maximum Gasteiger partial charge on any atom is 0.387 e. The van der Waals surface area contributed by atoms with Crippen molar-refractivity contribution in [1.29, 1.82) is 0 Å². The zero-order valence-corrected chi connectivity index (χ0v) is 16.2. The second-order valence-corrected chi connectivity index (χ2v) is 6.18. The van der Waals surface area contributed by atoms with E-state index in [0.717, 1.165) is 4.90 Å². The van der Waals surface area contributed by atoms with E-state index in [1.54, 1.807) is 31.4 Å². The summed E-state index contributed by atoms with van der Waals surface area (Å²) in [5, 5.41) is 5.45. The minimum absolute atomic E-state index is 0.00834. The van der Waals surface area contributed by atoms with Crippen LogP contribution in [0, 0.1) is 0 Å². The average molecular weight is 408 g/mol. The number of halogens is 2. The van der Waals surface area contributed by atoms with Gasteiger partial charge in [-0.2, -0.15) is 8.78 Å². The van der Waals surface area contributed by atoms with Gasteiger partial charge in [-0.1, -0.05) is 0 Å². The third-order valence-corrected chi connectivity index (χ3v) is 4.06. The van der Waals surface area contributed by atoms with E-state index < -0.39 is 6.61 Å². The van der Waals surface area contributed by atoms with Crippen LogP contribution in [0.1, 0.15) is 6.92 Å². The molecule has 0 saturated carbocycles. The molecule has 7 nitrogen and oxygen atoms in total. The summed E-state index contributed by atoms with van der Waals surface area (Å²) in [4.78, 5) is 25.2. The molecule has 0 heterocycles. The van der Waals surface area contributed by atoms with Crippen molar-refractivity contribution in [3.8, 4) is 11.5 Å². The average Bonchev–Trinajstić information content (AvgIpc) is 2.69. The molecule has 0 aromatic heterocycles. The Bertz CT molecular complexity index is 798. The summed E-state index contributed by atoms with van der Waals surface area (Å²) >= 11 is 0. The van der Waals surface area contributed by atoms with Crippen LogP contribution in [0.25, 0.3) is 0 Å². The number of likely N-dealkylation sites (N-methyl/N-ethyl adjacent to an activating group) is 1. The van der Waals surface area contributed by atoms with E-state index >= 15 is 0 Å². The van der Waals surface area contributed by atoms with E-state index in [0.29, 0.717) is 23.7 Å². The first kappa shape index (κ1) is 22.1. The van der Waals surface area contributed by atoms with Crippen molar-refractivity contribution in [3.63, 3.8) is 0 Å². The predicted molar refractivity (Wildman–Crippen MR) is 105 cm³/mol. The molecule has 29 heavy (non-hydrogen) atoms. The van der Waals surface area contributed by atoms with E-state index in [4.69, 9.17) is 4.74 Å². The van der Waals surface area contributed by atoms with Gasteiger partial charge in [-0.15, -0.1) is 0 Å². The molecule has 2 rings (SSSR count). The van der Waals surface area contributed by atoms with Crippen LogP contribution in [0.15, 0.2) is 48.5 Å². The van der Waals surface area contributed by atoms with Crippen LogP contribution in [0.5, 0.6) is 11.5 Å². The normalized spacial score (nSPS) is 11.6. The number of anilines is 2. The number of ether oxygens (including phenoxy) is 2. The number of amides is 2. The number of hydrogen-bond acceptors (Lipinski definition) is 4. The van der Waals surface area contributed by atoms with Gasteiger partial charge >= 0.3 is 6.61 Å². The quantitative estimate of drug-likeness (QED) is 0.560. The van der Waals surface area contributed by atoms with E-state index in [1.165, 1.54) is 24.3 Å². The third-order valence-electron chi connectivity index (χ3n) is 4.06. The topological polar surface area (TPSA) is 81.1 Å². The minimum atomic E-state index is -2.90. The molecule has 1 atom stereocenters. The van der Waals surface area contributed by atoms with Crippen molar-refractivity contribution in [2.75, 3.05) is 37.4 Å². The fraction of sp³-hybridized carbons (Fsp3) is 0.300. The van der Waals surface area contributed by atoms with Crippen molar-refractivity contribution in [2.24, 2.45) is 0 Å². The number of methoxy groups -OCH3 is 1. The monoisotopic (exact) mass is 408 g/mol. The molecule has 0 spiro atoms. The molecule has 9 heteroatoms. The van der Waals surface area contributed by atoms with Gasteiger partial charge in [-0.3, -0.25) is 9.59 Å². The van der Waals surface area contributed by atoms with Crippen molar-refractivity contribution in [2.45, 2.75) is 13.5 Å². The van der Waals surface area contributed by atoms with Crippen molar-refractivity contribution >= 4 is 23.2 Å². The number of alkyl halides is 2. The lowest BCUT2D eigenvalue weighted by atomic mass is 10.3. The molecule has 0 bridgehead atoms. The predicted octanol–water partition coefficient (Wildman–Crippen LogP) is 1.78. The number of quaternary nitrogens is 1. The second-order valence-electron chi connectivity index (χ2n) is 6.18. The molecule has 0 saturated heterocycles. The molecule has 2 amide bonds. The zero-order chi connectivity index (χ0) is 21.2. The van der Waals surface area contributed by atoms with Crippen LogP contribution in [-0.4, -0.2) is 45.2 Å². The molecule has 0 fully saturated rings. The Morgan fingerprint density at radius 1 is 0.897 bits per heavy atom. The summed E-state index contributed by atoms with van der Waals surface area (Å²) in [5.74, 6) is 0.193. The number of carbonyl (C=O) groups is 2. The van der Waals surface area contributed by atoms with Crippen LogP contribution in [0.4, 0.5) is 20.2 Å². The Labute approximate surface area is 167 Å². The van der Waals surface area contributed by atoms with Gasteiger partial charge < -0.3 is 25.0 Å². The Morgan fingerprint density at radius 2 is 1.34 bits per heavy atom. The molecule has 0 radical (unpaired) electrons. The molecular formula is C20H24F2N3O4+. The zero-order valence-electron chi connectivity index (χ0n) is 16.2. The van der Waals surface area contributed by atoms with Gasteiger partial charge in [0.15, 0.2) is 13.1 Å².